The number of likely N-dealkylation sites (N-methyl/N-ethyl adjacent to an activating group) is 1. The second-order valence-electron chi connectivity index (χ2n) is 9.65. The number of fused-ring (bicyclic) bond motifs is 5. The van der Waals surface area contributed by atoms with Crippen molar-refractivity contribution in [3.8, 4) is 11.4 Å². The van der Waals surface area contributed by atoms with Crippen molar-refractivity contribution in [2.24, 2.45) is 0 Å². The van der Waals surface area contributed by atoms with Crippen molar-refractivity contribution < 1.29 is 28.9 Å². The van der Waals surface area contributed by atoms with Gasteiger partial charge >= 0.3 is 5.97 Å². The molecule has 9 nitrogen and oxygen atoms in total. The molecular formula is C26H24FN3O6S. The lowest BCUT2D eigenvalue weighted by Crippen LogP contribution is -2.44. The number of hydrogen-bond acceptors (Lipinski definition) is 8. The molecule has 0 saturated heterocycles. The number of hydrogen-bond donors (Lipinski definition) is 2. The number of aromatic nitrogens is 2. The first-order valence-corrected chi connectivity index (χ1v) is 12.9. The summed E-state index contributed by atoms with van der Waals surface area (Å²) in [5, 5.41) is 21.4. The minimum Gasteiger partial charge on any atom is -0.458 e. The second-order valence-corrected chi connectivity index (χ2v) is 10.7. The molecule has 6 rings (SSSR count). The molecule has 1 amide bonds. The van der Waals surface area contributed by atoms with E-state index in [-0.39, 0.29) is 30.7 Å². The molecule has 0 bridgehead atoms. The summed E-state index contributed by atoms with van der Waals surface area (Å²) in [6.07, 6.45) is 0.0200. The molecule has 3 aliphatic rings. The highest BCUT2D eigenvalue weighted by Crippen LogP contribution is 2.49. The van der Waals surface area contributed by atoms with Gasteiger partial charge in [0.15, 0.2) is 5.60 Å². The minimum absolute atomic E-state index is 0.0200. The molecule has 1 aromatic carbocycles. The zero-order valence-corrected chi connectivity index (χ0v) is 21.2. The third-order valence-corrected chi connectivity index (χ3v) is 9.16. The first-order valence-electron chi connectivity index (χ1n) is 11.9. The van der Waals surface area contributed by atoms with Crippen molar-refractivity contribution in [2.75, 3.05) is 19.4 Å². The number of rotatable bonds is 3. The molecule has 3 aliphatic heterocycles. The molecule has 0 unspecified atom stereocenters. The number of ether oxygens (including phenoxy) is 1. The zero-order chi connectivity index (χ0) is 26.4. The van der Waals surface area contributed by atoms with E-state index in [1.807, 2.05) is 0 Å². The summed E-state index contributed by atoms with van der Waals surface area (Å²) < 4.78 is 21.6. The average Bonchev–Trinajstić information content (AvgIpc) is 3.27. The van der Waals surface area contributed by atoms with E-state index in [2.05, 4.69) is 0 Å². The van der Waals surface area contributed by atoms with Gasteiger partial charge in [0.25, 0.3) is 5.56 Å². The highest BCUT2D eigenvalue weighted by molar-refractivity contribution is 7.99. The van der Waals surface area contributed by atoms with Crippen LogP contribution >= 0.6 is 11.8 Å². The van der Waals surface area contributed by atoms with Crippen LogP contribution in [0.4, 0.5) is 4.39 Å². The standard InChI is InChI=1S/C26H24FN3O6S/c1-4-26(35)14-5-17-22-12(7-30(17)24(33)13(14)9-36-25(26)34)20-18(29(3)19(32)8-31)10-37-23-11(2)15(27)6-16(28-22)21(20)23/h5-6,18,31,35H,4,7-10H2,1-3H3/t18-,26+/m1/s1. The number of aliphatic hydroxyl groups is 2. The Morgan fingerprint density at radius 2 is 2.11 bits per heavy atom. The number of aliphatic hydroxyl groups excluding tert-OH is 1. The van der Waals surface area contributed by atoms with Crippen molar-refractivity contribution in [3.05, 3.63) is 56.1 Å². The molecule has 5 heterocycles. The molecule has 0 saturated carbocycles. The van der Waals surface area contributed by atoms with Crippen LogP contribution in [0.5, 0.6) is 0 Å². The molecule has 0 aliphatic carbocycles. The van der Waals surface area contributed by atoms with Crippen molar-refractivity contribution in [1.82, 2.24) is 14.5 Å². The minimum atomic E-state index is -1.96. The van der Waals surface area contributed by atoms with Gasteiger partial charge < -0.3 is 24.4 Å². The van der Waals surface area contributed by atoms with Gasteiger partial charge in [0, 0.05) is 40.3 Å². The van der Waals surface area contributed by atoms with Crippen molar-refractivity contribution >= 4 is 34.5 Å². The number of amides is 1. The van der Waals surface area contributed by atoms with Crippen molar-refractivity contribution in [1.29, 1.82) is 0 Å². The van der Waals surface area contributed by atoms with Crippen LogP contribution in [-0.4, -0.2) is 55.9 Å². The molecule has 2 aromatic heterocycles. The van der Waals surface area contributed by atoms with Crippen LogP contribution in [0.1, 0.15) is 47.2 Å². The van der Waals surface area contributed by atoms with E-state index in [0.29, 0.717) is 28.2 Å². The largest absolute Gasteiger partial charge is 0.458 e. The van der Waals surface area contributed by atoms with Gasteiger partial charge in [0.05, 0.1) is 35.1 Å². The topological polar surface area (TPSA) is 122 Å². The van der Waals surface area contributed by atoms with Gasteiger partial charge in [-0.05, 0) is 30.5 Å². The number of benzene rings is 1. The van der Waals surface area contributed by atoms with E-state index in [4.69, 9.17) is 9.72 Å². The quantitative estimate of drug-likeness (QED) is 0.390. The van der Waals surface area contributed by atoms with Crippen LogP contribution < -0.4 is 5.56 Å². The van der Waals surface area contributed by atoms with Crippen LogP contribution in [0, 0.1) is 12.7 Å². The number of esters is 1. The SMILES string of the molecule is CC[C@@]1(O)C(=O)OCc2c1cc1n(c2=O)Cc2c-1nc1cc(F)c(C)c3c1c2[C@H](N(C)C(=O)CO)CS3. The lowest BCUT2D eigenvalue weighted by Gasteiger charge is -2.34. The van der Waals surface area contributed by atoms with Gasteiger partial charge in [0.2, 0.25) is 5.91 Å². The number of carbonyl (C=O) groups excluding carboxylic acids is 2. The molecule has 11 heteroatoms. The Labute approximate surface area is 214 Å². The Bertz CT molecular complexity index is 1620. The van der Waals surface area contributed by atoms with Gasteiger partial charge in [-0.3, -0.25) is 9.59 Å². The predicted octanol–water partition coefficient (Wildman–Crippen LogP) is 2.12. The number of cyclic esters (lactones) is 1. The Balaban J connectivity index is 1.68. The summed E-state index contributed by atoms with van der Waals surface area (Å²) >= 11 is 1.43. The van der Waals surface area contributed by atoms with Gasteiger partial charge in [0.1, 0.15) is 19.0 Å². The summed E-state index contributed by atoms with van der Waals surface area (Å²) in [5.41, 5.74) is 1.26. The van der Waals surface area contributed by atoms with Gasteiger partial charge in [-0.1, -0.05) is 6.92 Å². The Hall–Kier alpha value is -3.28. The molecule has 2 N–H and O–H groups in total. The maximum absolute atomic E-state index is 14.9. The maximum atomic E-state index is 14.9. The molecule has 37 heavy (non-hydrogen) atoms. The van der Waals surface area contributed by atoms with Crippen LogP contribution in [0.15, 0.2) is 21.8 Å². The number of carbonyl (C=O) groups is 2. The Morgan fingerprint density at radius 1 is 1.35 bits per heavy atom. The summed E-state index contributed by atoms with van der Waals surface area (Å²) in [6, 6.07) is 2.52. The molecular weight excluding hydrogens is 501 g/mol. The van der Waals surface area contributed by atoms with E-state index in [1.165, 1.54) is 27.3 Å². The summed E-state index contributed by atoms with van der Waals surface area (Å²) in [6.45, 7) is 2.60. The molecule has 0 radical (unpaired) electrons. The average molecular weight is 526 g/mol. The Kier molecular flexibility index (Phi) is 5.28. The van der Waals surface area contributed by atoms with Crippen LogP contribution in [0.25, 0.3) is 22.3 Å². The fourth-order valence-electron chi connectivity index (χ4n) is 5.69. The monoisotopic (exact) mass is 525 g/mol. The summed E-state index contributed by atoms with van der Waals surface area (Å²) in [7, 11) is 1.61. The number of thioether (sulfide) groups is 1. The molecule has 2 atom stereocenters. The predicted molar refractivity (Wildman–Crippen MR) is 133 cm³/mol. The van der Waals surface area contributed by atoms with Crippen LogP contribution in [0.2, 0.25) is 0 Å². The smallest absolute Gasteiger partial charge is 0.343 e. The summed E-state index contributed by atoms with van der Waals surface area (Å²) in [5.74, 6) is -1.24. The number of halogens is 1. The summed E-state index contributed by atoms with van der Waals surface area (Å²) in [4.78, 5) is 45.6. The fourth-order valence-corrected chi connectivity index (χ4v) is 7.08. The van der Waals surface area contributed by atoms with Gasteiger partial charge in [-0.15, -0.1) is 11.8 Å². The molecule has 0 spiro atoms. The lowest BCUT2D eigenvalue weighted by molar-refractivity contribution is -0.172. The fraction of sp³-hybridized carbons (Fsp3) is 0.385. The second kappa shape index (κ2) is 8.11. The van der Waals surface area contributed by atoms with Crippen molar-refractivity contribution in [3.63, 3.8) is 0 Å². The Morgan fingerprint density at radius 3 is 2.81 bits per heavy atom. The van der Waals surface area contributed by atoms with Gasteiger partial charge in [-0.2, -0.15) is 0 Å². The molecule has 0 fully saturated rings. The molecule has 3 aromatic rings. The highest BCUT2D eigenvalue weighted by atomic mass is 32.2. The maximum Gasteiger partial charge on any atom is 0.343 e. The first kappa shape index (κ1) is 24.1. The normalized spacial score (nSPS) is 21.4. The third kappa shape index (κ3) is 3.11. The van der Waals surface area contributed by atoms with E-state index >= 15 is 0 Å². The van der Waals surface area contributed by atoms with E-state index in [0.717, 1.165) is 21.4 Å². The van der Waals surface area contributed by atoms with E-state index in [1.54, 1.807) is 27.0 Å². The molecule has 192 valence electrons. The van der Waals surface area contributed by atoms with E-state index < -0.39 is 41.5 Å². The van der Waals surface area contributed by atoms with Crippen LogP contribution in [-0.2, 0) is 33.1 Å². The number of pyridine rings is 2. The highest BCUT2D eigenvalue weighted by Gasteiger charge is 2.46. The van der Waals surface area contributed by atoms with Crippen molar-refractivity contribution in [2.45, 2.75) is 50.0 Å². The van der Waals surface area contributed by atoms with Gasteiger partial charge in [-0.25, -0.2) is 14.2 Å². The third-order valence-electron chi connectivity index (χ3n) is 7.87. The lowest BCUT2D eigenvalue weighted by atomic mass is 9.86. The van der Waals surface area contributed by atoms with Crippen LogP contribution in [0.3, 0.4) is 0 Å². The number of nitrogens with zero attached hydrogens (tertiary/aromatic N) is 3. The first-order chi connectivity index (χ1) is 17.6. The van der Waals surface area contributed by atoms with E-state index in [9.17, 15) is 29.0 Å². The zero-order valence-electron chi connectivity index (χ0n) is 20.4.